The van der Waals surface area contributed by atoms with Crippen LogP contribution in [0.1, 0.15) is 58.8 Å². The van der Waals surface area contributed by atoms with Crippen molar-refractivity contribution >= 4 is 0 Å². The predicted octanol–water partition coefficient (Wildman–Crippen LogP) is 3.13. The van der Waals surface area contributed by atoms with Gasteiger partial charge in [-0.2, -0.15) is 0 Å². The van der Waals surface area contributed by atoms with Gasteiger partial charge < -0.3 is 14.8 Å². The molecule has 1 rings (SSSR count). The van der Waals surface area contributed by atoms with Crippen molar-refractivity contribution in [3.8, 4) is 0 Å². The molecule has 0 aromatic rings. The molecular weight excluding hydrogens is 226 g/mol. The van der Waals surface area contributed by atoms with Crippen molar-refractivity contribution in [3.05, 3.63) is 0 Å². The lowest BCUT2D eigenvalue weighted by Gasteiger charge is -2.15. The lowest BCUT2D eigenvalue weighted by molar-refractivity contribution is 0.0442. The van der Waals surface area contributed by atoms with Crippen LogP contribution in [0, 0.1) is 0 Å². The molecule has 0 amide bonds. The lowest BCUT2D eigenvalue weighted by atomic mass is 10.1. The quantitative estimate of drug-likeness (QED) is 0.508. The molecular formula is C15H31NO2. The summed E-state index contributed by atoms with van der Waals surface area (Å²) < 4.78 is 11.4. The number of hydrogen-bond acceptors (Lipinski definition) is 3. The second kappa shape index (κ2) is 10.8. The highest BCUT2D eigenvalue weighted by Gasteiger charge is 2.11. The van der Waals surface area contributed by atoms with E-state index in [4.69, 9.17) is 9.47 Å². The summed E-state index contributed by atoms with van der Waals surface area (Å²) in [5.74, 6) is 0. The third kappa shape index (κ3) is 8.90. The van der Waals surface area contributed by atoms with E-state index in [1.165, 1.54) is 38.5 Å². The van der Waals surface area contributed by atoms with Gasteiger partial charge in [0.15, 0.2) is 0 Å². The summed E-state index contributed by atoms with van der Waals surface area (Å²) in [7, 11) is 0. The van der Waals surface area contributed by atoms with E-state index in [9.17, 15) is 0 Å². The van der Waals surface area contributed by atoms with E-state index in [0.29, 0.717) is 12.2 Å². The van der Waals surface area contributed by atoms with Crippen LogP contribution in [-0.4, -0.2) is 38.5 Å². The van der Waals surface area contributed by atoms with Crippen molar-refractivity contribution < 1.29 is 9.47 Å². The van der Waals surface area contributed by atoms with E-state index in [-0.39, 0.29) is 0 Å². The van der Waals surface area contributed by atoms with E-state index in [1.54, 1.807) is 0 Å². The fraction of sp³-hybridized carbons (Fsp3) is 1.00. The summed E-state index contributed by atoms with van der Waals surface area (Å²) in [5.41, 5.74) is 0. The summed E-state index contributed by atoms with van der Waals surface area (Å²) in [6.45, 7) is 7.87. The van der Waals surface area contributed by atoms with Crippen molar-refractivity contribution in [1.29, 1.82) is 0 Å². The predicted molar refractivity (Wildman–Crippen MR) is 76.0 cm³/mol. The monoisotopic (exact) mass is 257 g/mol. The van der Waals surface area contributed by atoms with E-state index in [2.05, 4.69) is 19.2 Å². The first-order chi connectivity index (χ1) is 8.79. The van der Waals surface area contributed by atoms with Gasteiger partial charge in [0, 0.05) is 13.2 Å². The molecule has 0 saturated heterocycles. The molecule has 1 aliphatic rings. The minimum Gasteiger partial charge on any atom is -0.379 e. The first kappa shape index (κ1) is 15.9. The SMILES string of the molecule is CC(C)OCCCNCCOC1CCCCCC1. The van der Waals surface area contributed by atoms with Crippen LogP contribution >= 0.6 is 0 Å². The maximum Gasteiger partial charge on any atom is 0.0594 e. The fourth-order valence-corrected chi connectivity index (χ4v) is 2.35. The Morgan fingerprint density at radius 1 is 1.00 bits per heavy atom. The molecule has 0 atom stereocenters. The molecule has 0 radical (unpaired) electrons. The van der Waals surface area contributed by atoms with Gasteiger partial charge >= 0.3 is 0 Å². The molecule has 3 nitrogen and oxygen atoms in total. The smallest absolute Gasteiger partial charge is 0.0594 e. The Morgan fingerprint density at radius 3 is 2.39 bits per heavy atom. The molecule has 0 aromatic heterocycles. The van der Waals surface area contributed by atoms with Crippen LogP contribution in [0.2, 0.25) is 0 Å². The molecule has 1 saturated carbocycles. The van der Waals surface area contributed by atoms with E-state index in [0.717, 1.165) is 32.7 Å². The van der Waals surface area contributed by atoms with Crippen molar-refractivity contribution in [2.45, 2.75) is 71.0 Å². The first-order valence-electron chi connectivity index (χ1n) is 7.73. The van der Waals surface area contributed by atoms with Crippen molar-refractivity contribution in [2.24, 2.45) is 0 Å². The van der Waals surface area contributed by atoms with Crippen LogP contribution in [0.15, 0.2) is 0 Å². The Hall–Kier alpha value is -0.120. The molecule has 3 heteroatoms. The Kier molecular flexibility index (Phi) is 9.54. The topological polar surface area (TPSA) is 30.5 Å². The molecule has 1 aliphatic carbocycles. The molecule has 108 valence electrons. The minimum atomic E-state index is 0.351. The highest BCUT2D eigenvalue weighted by molar-refractivity contribution is 4.64. The van der Waals surface area contributed by atoms with Crippen molar-refractivity contribution in [3.63, 3.8) is 0 Å². The Labute approximate surface area is 113 Å². The van der Waals surface area contributed by atoms with Gasteiger partial charge in [-0.25, -0.2) is 0 Å². The summed E-state index contributed by atoms with van der Waals surface area (Å²) in [6, 6.07) is 0. The first-order valence-corrected chi connectivity index (χ1v) is 7.73. The van der Waals surface area contributed by atoms with Crippen LogP contribution in [-0.2, 0) is 9.47 Å². The van der Waals surface area contributed by atoms with Gasteiger partial charge in [0.25, 0.3) is 0 Å². The third-order valence-corrected chi connectivity index (χ3v) is 3.38. The molecule has 0 aliphatic heterocycles. The number of hydrogen-bond donors (Lipinski definition) is 1. The van der Waals surface area contributed by atoms with E-state index < -0.39 is 0 Å². The normalized spacial score (nSPS) is 18.2. The second-order valence-corrected chi connectivity index (χ2v) is 5.51. The molecule has 0 aromatic carbocycles. The number of ether oxygens (including phenoxy) is 2. The largest absolute Gasteiger partial charge is 0.379 e. The molecule has 0 heterocycles. The molecule has 0 unspecified atom stereocenters. The van der Waals surface area contributed by atoms with Gasteiger partial charge in [-0.3, -0.25) is 0 Å². The van der Waals surface area contributed by atoms with Crippen LogP contribution in [0.4, 0.5) is 0 Å². The minimum absolute atomic E-state index is 0.351. The van der Waals surface area contributed by atoms with E-state index in [1.807, 2.05) is 0 Å². The summed E-state index contributed by atoms with van der Waals surface area (Å²) >= 11 is 0. The van der Waals surface area contributed by atoms with Crippen LogP contribution in [0.25, 0.3) is 0 Å². The van der Waals surface area contributed by atoms with Crippen LogP contribution in [0.5, 0.6) is 0 Å². The van der Waals surface area contributed by atoms with Crippen LogP contribution < -0.4 is 5.32 Å². The van der Waals surface area contributed by atoms with Gasteiger partial charge in [0.05, 0.1) is 18.8 Å². The summed E-state index contributed by atoms with van der Waals surface area (Å²) in [4.78, 5) is 0. The highest BCUT2D eigenvalue weighted by Crippen LogP contribution is 2.19. The Morgan fingerprint density at radius 2 is 1.72 bits per heavy atom. The molecule has 0 spiro atoms. The zero-order valence-electron chi connectivity index (χ0n) is 12.2. The molecule has 1 N–H and O–H groups in total. The molecule has 18 heavy (non-hydrogen) atoms. The molecule has 0 bridgehead atoms. The maximum absolute atomic E-state index is 5.91. The van der Waals surface area contributed by atoms with Crippen molar-refractivity contribution in [2.75, 3.05) is 26.3 Å². The Bertz CT molecular complexity index is 177. The highest BCUT2D eigenvalue weighted by atomic mass is 16.5. The summed E-state index contributed by atoms with van der Waals surface area (Å²) in [6.07, 6.45) is 9.99. The van der Waals surface area contributed by atoms with E-state index >= 15 is 0 Å². The second-order valence-electron chi connectivity index (χ2n) is 5.51. The average molecular weight is 257 g/mol. The maximum atomic E-state index is 5.91. The van der Waals surface area contributed by atoms with Gasteiger partial charge in [-0.1, -0.05) is 25.7 Å². The zero-order valence-corrected chi connectivity index (χ0v) is 12.2. The average Bonchev–Trinajstić information content (AvgIpc) is 2.61. The van der Waals surface area contributed by atoms with Crippen molar-refractivity contribution in [1.82, 2.24) is 5.32 Å². The number of rotatable bonds is 9. The molecule has 1 fully saturated rings. The standard InChI is InChI=1S/C15H31NO2/c1-14(2)17-12-7-10-16-11-13-18-15-8-5-3-4-6-9-15/h14-16H,3-13H2,1-2H3. The van der Waals surface area contributed by atoms with Gasteiger partial charge in [-0.15, -0.1) is 0 Å². The third-order valence-electron chi connectivity index (χ3n) is 3.38. The van der Waals surface area contributed by atoms with Gasteiger partial charge in [-0.05, 0) is 39.7 Å². The zero-order chi connectivity index (χ0) is 13.1. The van der Waals surface area contributed by atoms with Crippen LogP contribution in [0.3, 0.4) is 0 Å². The van der Waals surface area contributed by atoms with Gasteiger partial charge in [0.1, 0.15) is 0 Å². The number of nitrogens with one attached hydrogen (secondary N) is 1. The lowest BCUT2D eigenvalue weighted by Crippen LogP contribution is -2.24. The van der Waals surface area contributed by atoms with Gasteiger partial charge in [0.2, 0.25) is 0 Å². The Balaban J connectivity index is 1.83. The summed E-state index contributed by atoms with van der Waals surface area (Å²) in [5, 5.41) is 3.41. The fourth-order valence-electron chi connectivity index (χ4n) is 2.35.